The van der Waals surface area contributed by atoms with Crippen LogP contribution in [0.15, 0.2) is 59.0 Å². The van der Waals surface area contributed by atoms with Crippen molar-refractivity contribution >= 4 is 14.0 Å². The topological polar surface area (TPSA) is 69.4 Å². The lowest BCUT2D eigenvalue weighted by atomic mass is 9.88. The van der Waals surface area contributed by atoms with Crippen LogP contribution in [0.4, 0.5) is 0 Å². The van der Waals surface area contributed by atoms with E-state index in [2.05, 4.69) is 33.1 Å². The summed E-state index contributed by atoms with van der Waals surface area (Å²) in [5, 5.41) is 12.1. The van der Waals surface area contributed by atoms with Crippen LogP contribution in [0.25, 0.3) is 0 Å². The van der Waals surface area contributed by atoms with Gasteiger partial charge >= 0.3 is 5.97 Å². The third-order valence-electron chi connectivity index (χ3n) is 5.77. The van der Waals surface area contributed by atoms with E-state index in [0.717, 1.165) is 23.7 Å². The fourth-order valence-electron chi connectivity index (χ4n) is 3.83. The minimum absolute atomic E-state index is 0.292. The quantitative estimate of drug-likeness (QED) is 0.0791. The molecule has 0 aromatic heterocycles. The molecular formula is C25H37NO4Si. The number of carbonyl (C=O) groups excluding carboxylic acids is 1. The number of rotatable bonds is 10. The highest BCUT2D eigenvalue weighted by atomic mass is 28.3. The number of nitrogens with zero attached hydrogens (tertiary/aromatic N) is 1. The first kappa shape index (κ1) is 26.6. The molecule has 1 rings (SSSR count). The van der Waals surface area contributed by atoms with Gasteiger partial charge in [0.05, 0.1) is 11.1 Å². The Labute approximate surface area is 188 Å². The summed E-state index contributed by atoms with van der Waals surface area (Å²) >= 11 is 0. The number of allylic oxidation sites excluding steroid dienone is 1. The molecule has 1 aromatic carbocycles. The monoisotopic (exact) mass is 443 g/mol. The maximum Gasteiger partial charge on any atom is 0.338 e. The van der Waals surface area contributed by atoms with Crippen molar-refractivity contribution in [1.29, 1.82) is 0 Å². The molecule has 0 aliphatic carbocycles. The van der Waals surface area contributed by atoms with E-state index < -0.39 is 19.6 Å². The van der Waals surface area contributed by atoms with Crippen LogP contribution in [0.2, 0.25) is 18.1 Å². The van der Waals surface area contributed by atoms with Crippen molar-refractivity contribution in [3.8, 4) is 0 Å². The Kier molecular flexibility index (Phi) is 9.66. The van der Waals surface area contributed by atoms with Crippen LogP contribution in [-0.2, 0) is 9.53 Å². The van der Waals surface area contributed by atoms with Gasteiger partial charge in [0.15, 0.2) is 0 Å². The predicted octanol–water partition coefficient (Wildman–Crippen LogP) is 6.46. The van der Waals surface area contributed by atoms with Gasteiger partial charge in [-0.1, -0.05) is 75.8 Å². The minimum atomic E-state index is -2.21. The smallest absolute Gasteiger partial charge is 0.338 e. The Morgan fingerprint density at radius 2 is 1.68 bits per heavy atom. The second-order valence-corrected chi connectivity index (χ2v) is 14.2. The van der Waals surface area contributed by atoms with Gasteiger partial charge in [-0.05, 0) is 38.8 Å². The Morgan fingerprint density at radius 1 is 1.16 bits per heavy atom. The van der Waals surface area contributed by atoms with Gasteiger partial charge in [-0.25, -0.2) is 4.79 Å². The van der Waals surface area contributed by atoms with Gasteiger partial charge < -0.3 is 4.74 Å². The van der Waals surface area contributed by atoms with E-state index in [1.807, 2.05) is 58.0 Å². The SMILES string of the molecule is C=C(C)C(=C=C(C(=O)OC(C)(C)C)[Si](CC)(CC)CC)[C@@H](C[N+](=O)[O-])c1ccccc1. The van der Waals surface area contributed by atoms with Crippen LogP contribution in [0, 0.1) is 10.1 Å². The van der Waals surface area contributed by atoms with Gasteiger partial charge in [0, 0.05) is 10.5 Å². The van der Waals surface area contributed by atoms with Crippen molar-refractivity contribution in [2.75, 3.05) is 6.54 Å². The molecule has 0 aliphatic heterocycles. The number of hydrogen-bond acceptors (Lipinski definition) is 4. The standard InChI is InChI=1S/C25H37NO4Si/c1-9-31(10-2,11-3)23(24(27)30-25(6,7)8)17-21(19(4)5)22(18-26(28)29)20-15-13-12-14-16-20/h12-16,22H,4,9-11,18H2,1-3,5-8H3/t17?,22-/m0/s1. The number of carbonyl (C=O) groups is 1. The maximum absolute atomic E-state index is 13.4. The molecule has 170 valence electrons. The molecule has 31 heavy (non-hydrogen) atoms. The molecule has 1 atom stereocenters. The van der Waals surface area contributed by atoms with Crippen molar-refractivity contribution < 1.29 is 14.5 Å². The largest absolute Gasteiger partial charge is 0.456 e. The van der Waals surface area contributed by atoms with Crippen LogP contribution in [-0.4, -0.2) is 31.1 Å². The van der Waals surface area contributed by atoms with E-state index in [9.17, 15) is 14.9 Å². The van der Waals surface area contributed by atoms with E-state index in [-0.39, 0.29) is 17.4 Å². The lowest BCUT2D eigenvalue weighted by Crippen LogP contribution is -2.40. The van der Waals surface area contributed by atoms with Gasteiger partial charge in [0.2, 0.25) is 6.54 Å². The molecule has 0 fully saturated rings. The van der Waals surface area contributed by atoms with Gasteiger partial charge in [-0.3, -0.25) is 10.1 Å². The fourth-order valence-corrected chi connectivity index (χ4v) is 7.28. The highest BCUT2D eigenvalue weighted by Gasteiger charge is 2.38. The van der Waals surface area contributed by atoms with Crippen LogP contribution in [0.3, 0.4) is 0 Å². The third kappa shape index (κ3) is 7.33. The van der Waals surface area contributed by atoms with Gasteiger partial charge in [0.25, 0.3) is 0 Å². The first-order valence-electron chi connectivity index (χ1n) is 11.0. The fraction of sp³-hybridized carbons (Fsp3) is 0.520. The zero-order chi connectivity index (χ0) is 23.8. The molecule has 0 radical (unpaired) electrons. The highest BCUT2D eigenvalue weighted by molar-refractivity contribution is 6.90. The van der Waals surface area contributed by atoms with E-state index in [1.54, 1.807) is 0 Å². The first-order valence-corrected chi connectivity index (χ1v) is 13.6. The van der Waals surface area contributed by atoms with Gasteiger partial charge in [-0.15, -0.1) is 5.73 Å². The minimum Gasteiger partial charge on any atom is -0.456 e. The summed E-state index contributed by atoms with van der Waals surface area (Å²) in [7, 11) is -2.21. The van der Waals surface area contributed by atoms with Gasteiger partial charge in [-0.2, -0.15) is 0 Å². The second-order valence-electron chi connectivity index (χ2n) is 9.02. The van der Waals surface area contributed by atoms with Crippen molar-refractivity contribution in [2.45, 2.75) is 78.1 Å². The number of benzene rings is 1. The van der Waals surface area contributed by atoms with E-state index in [4.69, 9.17) is 4.74 Å². The third-order valence-corrected chi connectivity index (χ3v) is 11.2. The number of hydrogen-bond donors (Lipinski definition) is 0. The van der Waals surface area contributed by atoms with Crippen molar-refractivity contribution in [2.24, 2.45) is 0 Å². The molecule has 0 bridgehead atoms. The van der Waals surface area contributed by atoms with Crippen molar-refractivity contribution in [1.82, 2.24) is 0 Å². The lowest BCUT2D eigenvalue weighted by molar-refractivity contribution is -0.481. The zero-order valence-electron chi connectivity index (χ0n) is 20.1. The van der Waals surface area contributed by atoms with E-state index >= 15 is 0 Å². The molecule has 0 saturated heterocycles. The second kappa shape index (κ2) is 11.3. The Balaban J connectivity index is 3.94. The summed E-state index contributed by atoms with van der Waals surface area (Å²) in [6.45, 7) is 17.5. The number of ether oxygens (including phenoxy) is 1. The van der Waals surface area contributed by atoms with Crippen molar-refractivity contribution in [3.63, 3.8) is 0 Å². The predicted molar refractivity (Wildman–Crippen MR) is 129 cm³/mol. The molecule has 5 nitrogen and oxygen atoms in total. The molecule has 0 spiro atoms. The lowest BCUT2D eigenvalue weighted by Gasteiger charge is -2.31. The molecule has 0 heterocycles. The molecule has 0 N–H and O–H groups in total. The van der Waals surface area contributed by atoms with E-state index in [1.165, 1.54) is 0 Å². The summed E-state index contributed by atoms with van der Waals surface area (Å²) in [5.41, 5.74) is 4.84. The maximum atomic E-state index is 13.4. The van der Waals surface area contributed by atoms with Crippen molar-refractivity contribution in [3.05, 3.63) is 74.7 Å². The molecule has 0 aliphatic rings. The van der Waals surface area contributed by atoms with Crippen LogP contribution < -0.4 is 0 Å². The Hall–Kier alpha value is -2.43. The first-order chi connectivity index (χ1) is 14.4. The summed E-state index contributed by atoms with van der Waals surface area (Å²) in [5.74, 6) is -0.903. The van der Waals surface area contributed by atoms with Gasteiger partial charge in [0.1, 0.15) is 13.7 Å². The summed E-state index contributed by atoms with van der Waals surface area (Å²) in [6, 6.07) is 12.0. The average molecular weight is 444 g/mol. The van der Waals surface area contributed by atoms with Crippen LogP contribution in [0.1, 0.15) is 59.9 Å². The number of nitro groups is 1. The molecule has 6 heteroatoms. The number of esters is 1. The highest BCUT2D eigenvalue weighted by Crippen LogP contribution is 2.34. The molecule has 0 unspecified atom stereocenters. The van der Waals surface area contributed by atoms with Crippen LogP contribution >= 0.6 is 0 Å². The Bertz CT molecular complexity index is 849. The Morgan fingerprint density at radius 3 is 2.06 bits per heavy atom. The molecule has 0 amide bonds. The summed E-state index contributed by atoms with van der Waals surface area (Å²) in [4.78, 5) is 24.6. The van der Waals surface area contributed by atoms with E-state index in [0.29, 0.717) is 16.3 Å². The molecule has 0 saturated carbocycles. The zero-order valence-corrected chi connectivity index (χ0v) is 21.1. The molecule has 1 aromatic rings. The summed E-state index contributed by atoms with van der Waals surface area (Å²) < 4.78 is 5.78. The summed E-state index contributed by atoms with van der Waals surface area (Å²) in [6.07, 6.45) is 0. The average Bonchev–Trinajstić information content (AvgIpc) is 2.69. The molecular weight excluding hydrogens is 406 g/mol. The normalized spacial score (nSPS) is 12.5. The van der Waals surface area contributed by atoms with Crippen LogP contribution in [0.5, 0.6) is 0 Å².